The van der Waals surface area contributed by atoms with E-state index in [4.69, 9.17) is 4.74 Å². The van der Waals surface area contributed by atoms with Gasteiger partial charge in [0.25, 0.3) is 0 Å². The Morgan fingerprint density at radius 1 is 1.47 bits per heavy atom. The fraction of sp³-hybridized carbons (Fsp3) is 0.714. The standard InChI is InChI=1S/C14H22N4O/c1-10-6-15-11(2)14(17-10)16-7-13-8-18-5-3-4-12(18)9-19-13/h6,12-13H,3-5,7-9H2,1-2H3,(H,16,17). The maximum absolute atomic E-state index is 5.93. The minimum Gasteiger partial charge on any atom is -0.373 e. The fourth-order valence-corrected chi connectivity index (χ4v) is 2.92. The van der Waals surface area contributed by atoms with E-state index in [0.717, 1.165) is 36.9 Å². The molecular formula is C14H22N4O. The third-order valence-corrected chi connectivity index (χ3v) is 4.03. The molecule has 0 amide bonds. The lowest BCUT2D eigenvalue weighted by molar-refractivity contribution is -0.0416. The van der Waals surface area contributed by atoms with Gasteiger partial charge in [-0.2, -0.15) is 0 Å². The number of hydrogen-bond donors (Lipinski definition) is 1. The highest BCUT2D eigenvalue weighted by Gasteiger charge is 2.32. The molecule has 1 aromatic rings. The lowest BCUT2D eigenvalue weighted by Gasteiger charge is -2.35. The third kappa shape index (κ3) is 2.87. The summed E-state index contributed by atoms with van der Waals surface area (Å²) in [6.07, 6.45) is 4.67. The van der Waals surface area contributed by atoms with E-state index in [1.807, 2.05) is 13.8 Å². The fourth-order valence-electron chi connectivity index (χ4n) is 2.92. The van der Waals surface area contributed by atoms with Gasteiger partial charge >= 0.3 is 0 Å². The predicted octanol–water partition coefficient (Wildman–Crippen LogP) is 1.37. The first-order valence-electron chi connectivity index (χ1n) is 7.12. The maximum atomic E-state index is 5.93. The van der Waals surface area contributed by atoms with Crippen LogP contribution in [0.2, 0.25) is 0 Å². The minimum atomic E-state index is 0.260. The van der Waals surface area contributed by atoms with E-state index in [1.165, 1.54) is 19.4 Å². The molecule has 1 N–H and O–H groups in total. The van der Waals surface area contributed by atoms with Crippen molar-refractivity contribution in [1.82, 2.24) is 14.9 Å². The lowest BCUT2D eigenvalue weighted by atomic mass is 10.2. The summed E-state index contributed by atoms with van der Waals surface area (Å²) in [5, 5.41) is 3.38. The average Bonchev–Trinajstić information content (AvgIpc) is 2.87. The molecule has 1 aromatic heterocycles. The molecular weight excluding hydrogens is 240 g/mol. The van der Waals surface area contributed by atoms with Crippen LogP contribution in [0.3, 0.4) is 0 Å². The largest absolute Gasteiger partial charge is 0.373 e. The summed E-state index contributed by atoms with van der Waals surface area (Å²) < 4.78 is 5.93. The van der Waals surface area contributed by atoms with Crippen molar-refractivity contribution in [2.75, 3.05) is 31.6 Å². The quantitative estimate of drug-likeness (QED) is 0.891. The average molecular weight is 262 g/mol. The third-order valence-electron chi connectivity index (χ3n) is 4.03. The van der Waals surface area contributed by atoms with Crippen molar-refractivity contribution in [3.63, 3.8) is 0 Å². The second kappa shape index (κ2) is 5.43. The molecule has 3 rings (SSSR count). The Bertz CT molecular complexity index is 451. The zero-order valence-electron chi connectivity index (χ0n) is 11.7. The Balaban J connectivity index is 1.56. The number of hydrogen-bond acceptors (Lipinski definition) is 5. The summed E-state index contributed by atoms with van der Waals surface area (Å²) in [6, 6.07) is 0.664. The first-order chi connectivity index (χ1) is 9.22. The van der Waals surface area contributed by atoms with Gasteiger partial charge in [-0.3, -0.25) is 9.88 Å². The summed E-state index contributed by atoms with van der Waals surface area (Å²) >= 11 is 0. The van der Waals surface area contributed by atoms with E-state index < -0.39 is 0 Å². The molecule has 2 aliphatic heterocycles. The topological polar surface area (TPSA) is 50.3 Å². The Kier molecular flexibility index (Phi) is 3.66. The van der Waals surface area contributed by atoms with Crippen LogP contribution >= 0.6 is 0 Å². The Labute approximate surface area is 114 Å². The number of aryl methyl sites for hydroxylation is 2. The van der Waals surface area contributed by atoms with Crippen molar-refractivity contribution < 1.29 is 4.74 Å². The van der Waals surface area contributed by atoms with Gasteiger partial charge in [-0.15, -0.1) is 0 Å². The summed E-state index contributed by atoms with van der Waals surface area (Å²) in [4.78, 5) is 11.4. The van der Waals surface area contributed by atoms with Crippen LogP contribution in [0.25, 0.3) is 0 Å². The Morgan fingerprint density at radius 2 is 2.37 bits per heavy atom. The van der Waals surface area contributed by atoms with Crippen molar-refractivity contribution in [3.8, 4) is 0 Å². The number of nitrogens with zero attached hydrogens (tertiary/aromatic N) is 3. The molecule has 2 unspecified atom stereocenters. The highest BCUT2D eigenvalue weighted by atomic mass is 16.5. The Morgan fingerprint density at radius 3 is 3.26 bits per heavy atom. The zero-order valence-corrected chi connectivity index (χ0v) is 11.7. The van der Waals surface area contributed by atoms with Crippen LogP contribution in [0, 0.1) is 13.8 Å². The van der Waals surface area contributed by atoms with E-state index in [1.54, 1.807) is 6.20 Å². The molecule has 19 heavy (non-hydrogen) atoms. The molecule has 0 aromatic carbocycles. The number of rotatable bonds is 3. The SMILES string of the molecule is Cc1cnc(C)c(NCC2CN3CCCC3CO2)n1. The van der Waals surface area contributed by atoms with Crippen molar-refractivity contribution in [2.24, 2.45) is 0 Å². The zero-order chi connectivity index (χ0) is 13.2. The highest BCUT2D eigenvalue weighted by Crippen LogP contribution is 2.22. The molecule has 0 spiro atoms. The van der Waals surface area contributed by atoms with Gasteiger partial charge in [-0.05, 0) is 33.2 Å². The van der Waals surface area contributed by atoms with Gasteiger partial charge in [0.15, 0.2) is 0 Å². The molecule has 104 valence electrons. The molecule has 0 saturated carbocycles. The summed E-state index contributed by atoms with van der Waals surface area (Å²) in [7, 11) is 0. The monoisotopic (exact) mass is 262 g/mol. The Hall–Kier alpha value is -1.20. The molecule has 3 heterocycles. The van der Waals surface area contributed by atoms with Crippen molar-refractivity contribution in [1.29, 1.82) is 0 Å². The van der Waals surface area contributed by atoms with Gasteiger partial charge in [0, 0.05) is 25.3 Å². The van der Waals surface area contributed by atoms with Crippen molar-refractivity contribution in [2.45, 2.75) is 38.8 Å². The van der Waals surface area contributed by atoms with Crippen LogP contribution in [-0.4, -0.2) is 53.3 Å². The van der Waals surface area contributed by atoms with Crippen molar-refractivity contribution >= 4 is 5.82 Å². The van der Waals surface area contributed by atoms with Crippen LogP contribution in [-0.2, 0) is 4.74 Å². The molecule has 0 aliphatic carbocycles. The van der Waals surface area contributed by atoms with E-state index in [0.29, 0.717) is 6.04 Å². The van der Waals surface area contributed by atoms with Crippen LogP contribution in [0.1, 0.15) is 24.2 Å². The van der Waals surface area contributed by atoms with Crippen LogP contribution in [0.5, 0.6) is 0 Å². The van der Waals surface area contributed by atoms with Crippen LogP contribution in [0.15, 0.2) is 6.20 Å². The first kappa shape index (κ1) is 12.8. The number of morpholine rings is 1. The van der Waals surface area contributed by atoms with Crippen LogP contribution < -0.4 is 5.32 Å². The summed E-state index contributed by atoms with van der Waals surface area (Å²) in [6.45, 7) is 7.90. The van der Waals surface area contributed by atoms with Gasteiger partial charge in [-0.1, -0.05) is 0 Å². The maximum Gasteiger partial charge on any atom is 0.147 e. The normalized spacial score (nSPS) is 27.3. The molecule has 2 atom stereocenters. The van der Waals surface area contributed by atoms with Gasteiger partial charge in [0.05, 0.1) is 24.1 Å². The van der Waals surface area contributed by atoms with Gasteiger partial charge in [-0.25, -0.2) is 4.98 Å². The number of nitrogens with one attached hydrogen (secondary N) is 1. The first-order valence-corrected chi connectivity index (χ1v) is 7.12. The summed E-state index contributed by atoms with van der Waals surface area (Å²) in [5.74, 6) is 0.882. The number of ether oxygens (including phenoxy) is 1. The van der Waals surface area contributed by atoms with E-state index in [2.05, 4.69) is 20.2 Å². The van der Waals surface area contributed by atoms with Gasteiger partial charge in [0.2, 0.25) is 0 Å². The molecule has 5 heteroatoms. The molecule has 2 fully saturated rings. The number of aromatic nitrogens is 2. The predicted molar refractivity (Wildman–Crippen MR) is 74.3 cm³/mol. The lowest BCUT2D eigenvalue weighted by Crippen LogP contribution is -2.48. The summed E-state index contributed by atoms with van der Waals surface area (Å²) in [5.41, 5.74) is 1.89. The van der Waals surface area contributed by atoms with E-state index in [9.17, 15) is 0 Å². The molecule has 0 radical (unpaired) electrons. The smallest absolute Gasteiger partial charge is 0.147 e. The minimum absolute atomic E-state index is 0.260. The van der Waals surface area contributed by atoms with E-state index >= 15 is 0 Å². The number of fused-ring (bicyclic) bond motifs is 1. The van der Waals surface area contributed by atoms with Gasteiger partial charge in [0.1, 0.15) is 5.82 Å². The van der Waals surface area contributed by atoms with E-state index in [-0.39, 0.29) is 6.10 Å². The molecule has 2 saturated heterocycles. The van der Waals surface area contributed by atoms with Crippen molar-refractivity contribution in [3.05, 3.63) is 17.6 Å². The highest BCUT2D eigenvalue weighted by molar-refractivity contribution is 5.39. The molecule has 0 bridgehead atoms. The van der Waals surface area contributed by atoms with Crippen LogP contribution in [0.4, 0.5) is 5.82 Å². The number of anilines is 1. The second-order valence-corrected chi connectivity index (χ2v) is 5.57. The molecule has 5 nitrogen and oxygen atoms in total. The second-order valence-electron chi connectivity index (χ2n) is 5.57. The molecule has 2 aliphatic rings. The van der Waals surface area contributed by atoms with Gasteiger partial charge < -0.3 is 10.1 Å².